The standard InChI is InChI=1S/C22H22O/c1-16-7-4-10-19(13-16)22(23,20-11-5-8-17(2)14-20)21-12-6-9-18(3)15-21/h4-15,23H,1-3H3. The number of hydrogen-bond acceptors (Lipinski definition) is 1. The van der Waals surface area contributed by atoms with Crippen LogP contribution in [-0.4, -0.2) is 5.11 Å². The molecule has 3 rings (SSSR count). The number of aryl methyl sites for hydroxylation is 3. The van der Waals surface area contributed by atoms with Gasteiger partial charge in [-0.05, 0) is 37.5 Å². The minimum Gasteiger partial charge on any atom is -0.376 e. The Bertz CT molecular complexity index is 722. The third-order valence-electron chi connectivity index (χ3n) is 4.31. The molecular weight excluding hydrogens is 280 g/mol. The van der Waals surface area contributed by atoms with Gasteiger partial charge >= 0.3 is 0 Å². The minimum absolute atomic E-state index is 0.897. The van der Waals surface area contributed by atoms with Gasteiger partial charge < -0.3 is 5.11 Å². The van der Waals surface area contributed by atoms with Crippen LogP contribution in [0.2, 0.25) is 0 Å². The maximum absolute atomic E-state index is 11.8. The van der Waals surface area contributed by atoms with Gasteiger partial charge in [-0.1, -0.05) is 89.5 Å². The highest BCUT2D eigenvalue weighted by atomic mass is 16.3. The van der Waals surface area contributed by atoms with E-state index in [1.54, 1.807) is 0 Å². The van der Waals surface area contributed by atoms with Crippen molar-refractivity contribution in [2.24, 2.45) is 0 Å². The Morgan fingerprint density at radius 2 is 0.870 bits per heavy atom. The van der Waals surface area contributed by atoms with Gasteiger partial charge in [0.2, 0.25) is 0 Å². The lowest BCUT2D eigenvalue weighted by Crippen LogP contribution is -2.29. The summed E-state index contributed by atoms with van der Waals surface area (Å²) in [6.07, 6.45) is 0. The van der Waals surface area contributed by atoms with Crippen molar-refractivity contribution in [2.75, 3.05) is 0 Å². The van der Waals surface area contributed by atoms with E-state index in [4.69, 9.17) is 0 Å². The molecule has 0 bridgehead atoms. The van der Waals surface area contributed by atoms with Crippen molar-refractivity contribution >= 4 is 0 Å². The van der Waals surface area contributed by atoms with Crippen molar-refractivity contribution in [3.63, 3.8) is 0 Å². The summed E-state index contributed by atoms with van der Waals surface area (Å²) in [5, 5.41) is 11.8. The van der Waals surface area contributed by atoms with E-state index >= 15 is 0 Å². The monoisotopic (exact) mass is 302 g/mol. The number of aliphatic hydroxyl groups is 1. The fourth-order valence-corrected chi connectivity index (χ4v) is 3.11. The zero-order valence-corrected chi connectivity index (χ0v) is 13.9. The lowest BCUT2D eigenvalue weighted by Gasteiger charge is -2.31. The molecule has 0 saturated heterocycles. The van der Waals surface area contributed by atoms with Crippen molar-refractivity contribution < 1.29 is 5.11 Å². The first-order valence-electron chi connectivity index (χ1n) is 7.94. The first kappa shape index (κ1) is 15.5. The van der Waals surface area contributed by atoms with E-state index in [9.17, 15) is 5.11 Å². The second-order valence-electron chi connectivity index (χ2n) is 6.32. The molecule has 0 spiro atoms. The van der Waals surface area contributed by atoms with E-state index in [0.717, 1.165) is 33.4 Å². The van der Waals surface area contributed by atoms with Crippen LogP contribution in [0.4, 0.5) is 0 Å². The summed E-state index contributed by atoms with van der Waals surface area (Å²) in [6, 6.07) is 24.3. The molecule has 0 unspecified atom stereocenters. The van der Waals surface area contributed by atoms with Gasteiger partial charge in [0.1, 0.15) is 5.60 Å². The number of rotatable bonds is 3. The van der Waals surface area contributed by atoms with E-state index < -0.39 is 5.60 Å². The van der Waals surface area contributed by atoms with Crippen LogP contribution in [0, 0.1) is 20.8 Å². The van der Waals surface area contributed by atoms with Crippen molar-refractivity contribution in [3.05, 3.63) is 106 Å². The number of benzene rings is 3. The Morgan fingerprint density at radius 3 is 1.13 bits per heavy atom. The first-order valence-corrected chi connectivity index (χ1v) is 7.94. The maximum atomic E-state index is 11.8. The summed E-state index contributed by atoms with van der Waals surface area (Å²) in [6.45, 7) is 6.16. The molecule has 0 fully saturated rings. The molecule has 0 atom stereocenters. The lowest BCUT2D eigenvalue weighted by molar-refractivity contribution is 0.125. The number of hydrogen-bond donors (Lipinski definition) is 1. The molecule has 0 aliphatic heterocycles. The Labute approximate surface area is 138 Å². The summed E-state index contributed by atoms with van der Waals surface area (Å²) in [5.74, 6) is 0. The average Bonchev–Trinajstić information content (AvgIpc) is 2.54. The third-order valence-corrected chi connectivity index (χ3v) is 4.31. The molecule has 116 valence electrons. The van der Waals surface area contributed by atoms with E-state index in [0.29, 0.717) is 0 Å². The third kappa shape index (κ3) is 2.93. The Morgan fingerprint density at radius 1 is 0.565 bits per heavy atom. The highest BCUT2D eigenvalue weighted by molar-refractivity contribution is 5.49. The molecule has 23 heavy (non-hydrogen) atoms. The molecule has 0 aliphatic carbocycles. The minimum atomic E-state index is -1.15. The molecule has 0 saturated carbocycles. The lowest BCUT2D eigenvalue weighted by atomic mass is 9.79. The predicted molar refractivity (Wildman–Crippen MR) is 95.6 cm³/mol. The second kappa shape index (κ2) is 6.02. The molecule has 1 N–H and O–H groups in total. The van der Waals surface area contributed by atoms with Gasteiger partial charge in [-0.2, -0.15) is 0 Å². The summed E-state index contributed by atoms with van der Waals surface area (Å²) in [4.78, 5) is 0. The molecule has 0 amide bonds. The molecule has 0 radical (unpaired) electrons. The van der Waals surface area contributed by atoms with Crippen LogP contribution in [0.15, 0.2) is 72.8 Å². The van der Waals surface area contributed by atoms with Crippen LogP contribution in [0.5, 0.6) is 0 Å². The van der Waals surface area contributed by atoms with E-state index in [1.807, 2.05) is 36.4 Å². The van der Waals surface area contributed by atoms with Crippen LogP contribution >= 0.6 is 0 Å². The molecule has 0 aromatic heterocycles. The average molecular weight is 302 g/mol. The second-order valence-corrected chi connectivity index (χ2v) is 6.32. The summed E-state index contributed by atoms with van der Waals surface area (Å²) in [7, 11) is 0. The van der Waals surface area contributed by atoms with Crippen molar-refractivity contribution in [1.82, 2.24) is 0 Å². The van der Waals surface area contributed by atoms with Crippen LogP contribution in [0.3, 0.4) is 0 Å². The maximum Gasteiger partial charge on any atom is 0.140 e. The topological polar surface area (TPSA) is 20.2 Å². The fraction of sp³-hybridized carbons (Fsp3) is 0.182. The van der Waals surface area contributed by atoms with Gasteiger partial charge in [-0.25, -0.2) is 0 Å². The molecule has 1 nitrogen and oxygen atoms in total. The smallest absolute Gasteiger partial charge is 0.140 e. The van der Waals surface area contributed by atoms with E-state index in [-0.39, 0.29) is 0 Å². The molecule has 0 heterocycles. The van der Waals surface area contributed by atoms with Crippen LogP contribution in [0.25, 0.3) is 0 Å². The Kier molecular flexibility index (Phi) is 4.06. The molecule has 3 aromatic rings. The van der Waals surface area contributed by atoms with Gasteiger partial charge in [-0.3, -0.25) is 0 Å². The predicted octanol–water partition coefficient (Wildman–Crippen LogP) is 4.90. The quantitative estimate of drug-likeness (QED) is 0.683. The summed E-state index contributed by atoms with van der Waals surface area (Å²) < 4.78 is 0. The largest absolute Gasteiger partial charge is 0.376 e. The van der Waals surface area contributed by atoms with Crippen molar-refractivity contribution in [1.29, 1.82) is 0 Å². The summed E-state index contributed by atoms with van der Waals surface area (Å²) in [5.41, 5.74) is 4.96. The van der Waals surface area contributed by atoms with Gasteiger partial charge in [0.05, 0.1) is 0 Å². The Hall–Kier alpha value is -2.38. The molecular formula is C22H22O. The zero-order valence-electron chi connectivity index (χ0n) is 13.9. The van der Waals surface area contributed by atoms with Crippen molar-refractivity contribution in [3.8, 4) is 0 Å². The van der Waals surface area contributed by atoms with Crippen molar-refractivity contribution in [2.45, 2.75) is 26.4 Å². The summed E-state index contributed by atoms with van der Waals surface area (Å²) >= 11 is 0. The van der Waals surface area contributed by atoms with E-state index in [1.165, 1.54) is 0 Å². The fourth-order valence-electron chi connectivity index (χ4n) is 3.11. The first-order chi connectivity index (χ1) is 11.0. The van der Waals surface area contributed by atoms with Crippen LogP contribution in [-0.2, 0) is 5.60 Å². The van der Waals surface area contributed by atoms with Crippen LogP contribution in [0.1, 0.15) is 33.4 Å². The highest BCUT2D eigenvalue weighted by Gasteiger charge is 2.34. The molecule has 1 heteroatoms. The zero-order chi connectivity index (χ0) is 16.4. The Balaban J connectivity index is 2.29. The SMILES string of the molecule is Cc1cccc(C(O)(c2cccc(C)c2)c2cccc(C)c2)c1. The van der Waals surface area contributed by atoms with Gasteiger partial charge in [-0.15, -0.1) is 0 Å². The van der Waals surface area contributed by atoms with Crippen LogP contribution < -0.4 is 0 Å². The van der Waals surface area contributed by atoms with E-state index in [2.05, 4.69) is 57.2 Å². The normalized spacial score (nSPS) is 11.5. The van der Waals surface area contributed by atoms with Gasteiger partial charge in [0.25, 0.3) is 0 Å². The molecule has 0 aliphatic rings. The highest BCUT2D eigenvalue weighted by Crippen LogP contribution is 2.37. The molecule has 3 aromatic carbocycles. The van der Waals surface area contributed by atoms with Gasteiger partial charge in [0.15, 0.2) is 0 Å². The van der Waals surface area contributed by atoms with Gasteiger partial charge in [0, 0.05) is 0 Å².